The van der Waals surface area contributed by atoms with Crippen molar-refractivity contribution < 1.29 is 23.9 Å². The highest BCUT2D eigenvalue weighted by molar-refractivity contribution is 9.10. The number of ketones is 2. The smallest absolute Gasteiger partial charge is 0.241 e. The molecule has 0 saturated carbocycles. The van der Waals surface area contributed by atoms with Crippen LogP contribution < -0.4 is 4.90 Å². The van der Waals surface area contributed by atoms with Gasteiger partial charge in [-0.2, -0.15) is 0 Å². The highest BCUT2D eigenvalue weighted by atomic mass is 79.9. The Morgan fingerprint density at radius 2 is 1.49 bits per heavy atom. The van der Waals surface area contributed by atoms with E-state index in [4.69, 9.17) is 27.9 Å². The van der Waals surface area contributed by atoms with Crippen molar-refractivity contribution in [1.82, 2.24) is 0 Å². The number of halogens is 3. The van der Waals surface area contributed by atoms with Crippen LogP contribution in [-0.2, 0) is 14.3 Å². The summed E-state index contributed by atoms with van der Waals surface area (Å²) >= 11 is 15.6. The zero-order valence-electron chi connectivity index (χ0n) is 17.7. The molecule has 0 N–H and O–H groups in total. The molecule has 35 heavy (non-hydrogen) atoms. The van der Waals surface area contributed by atoms with Crippen molar-refractivity contribution in [3.8, 4) is 0 Å². The van der Waals surface area contributed by atoms with E-state index in [1.165, 1.54) is 30.3 Å². The molecule has 2 fully saturated rings. The minimum Gasteiger partial charge on any atom is -0.349 e. The molecule has 0 unspecified atom stereocenters. The minimum atomic E-state index is -2.13. The zero-order chi connectivity index (χ0) is 24.6. The number of benzene rings is 3. The van der Waals surface area contributed by atoms with Gasteiger partial charge in [0.25, 0.3) is 0 Å². The zero-order valence-corrected chi connectivity index (χ0v) is 20.8. The van der Waals surface area contributed by atoms with Gasteiger partial charge in [0.15, 0.2) is 0 Å². The maximum atomic E-state index is 13.9. The molecule has 1 spiro atoms. The Balaban J connectivity index is 1.55. The molecule has 1 aliphatic carbocycles. The fourth-order valence-electron chi connectivity index (χ4n) is 5.38. The molecule has 3 aliphatic rings. The van der Waals surface area contributed by atoms with Gasteiger partial charge < -0.3 is 4.74 Å². The SMILES string of the molecule is O=C1[C@@H]2[C@@H](c3cccc(Br)c3)OC3(C(=O)c4ccccc4C3=O)[C@@H]2C(=O)N1c1ccc(Cl)c(Cl)c1. The number of imide groups is 1. The summed E-state index contributed by atoms with van der Waals surface area (Å²) in [6.07, 6.45) is -0.996. The predicted octanol–water partition coefficient (Wildman–Crippen LogP) is 5.45. The third-order valence-corrected chi connectivity index (χ3v) is 8.09. The summed E-state index contributed by atoms with van der Waals surface area (Å²) in [6.45, 7) is 0. The van der Waals surface area contributed by atoms with E-state index in [0.717, 1.165) is 9.37 Å². The lowest BCUT2D eigenvalue weighted by atomic mass is 9.77. The molecule has 6 rings (SSSR count). The second-order valence-corrected chi connectivity index (χ2v) is 10.4. The van der Waals surface area contributed by atoms with Crippen LogP contribution in [0.4, 0.5) is 5.69 Å². The number of fused-ring (bicyclic) bond motifs is 3. The summed E-state index contributed by atoms with van der Waals surface area (Å²) in [4.78, 5) is 56.1. The molecule has 174 valence electrons. The Hall–Kier alpha value is -2.84. The van der Waals surface area contributed by atoms with Gasteiger partial charge in [0.2, 0.25) is 29.0 Å². The van der Waals surface area contributed by atoms with Crippen LogP contribution in [-0.4, -0.2) is 29.0 Å². The van der Waals surface area contributed by atoms with E-state index in [1.54, 1.807) is 36.4 Å². The van der Waals surface area contributed by atoms with Gasteiger partial charge >= 0.3 is 0 Å². The quantitative estimate of drug-likeness (QED) is 0.302. The van der Waals surface area contributed by atoms with Gasteiger partial charge in [0, 0.05) is 15.6 Å². The molecule has 0 bridgehead atoms. The Bertz CT molecular complexity index is 1450. The van der Waals surface area contributed by atoms with Crippen LogP contribution in [0.25, 0.3) is 0 Å². The third-order valence-electron chi connectivity index (χ3n) is 6.86. The first kappa shape index (κ1) is 22.6. The second-order valence-electron chi connectivity index (χ2n) is 8.65. The molecule has 0 aromatic heterocycles. The van der Waals surface area contributed by atoms with Gasteiger partial charge in [0.05, 0.1) is 33.7 Å². The van der Waals surface area contributed by atoms with Gasteiger partial charge in [-0.3, -0.25) is 19.2 Å². The van der Waals surface area contributed by atoms with Gasteiger partial charge in [0.1, 0.15) is 0 Å². The Morgan fingerprint density at radius 1 is 0.800 bits per heavy atom. The first-order chi connectivity index (χ1) is 16.8. The van der Waals surface area contributed by atoms with Gasteiger partial charge in [-0.25, -0.2) is 4.90 Å². The number of rotatable bonds is 2. The second kappa shape index (κ2) is 7.83. The molecule has 3 atom stereocenters. The van der Waals surface area contributed by atoms with Crippen LogP contribution in [0.1, 0.15) is 32.4 Å². The molecule has 2 aliphatic heterocycles. The molecular formula is C26H14BrCl2NO5. The van der Waals surface area contributed by atoms with Crippen LogP contribution in [0.2, 0.25) is 10.0 Å². The average molecular weight is 571 g/mol. The lowest BCUT2D eigenvalue weighted by Gasteiger charge is -2.27. The minimum absolute atomic E-state index is 0.164. The molecule has 0 radical (unpaired) electrons. The number of nitrogens with zero attached hydrogens (tertiary/aromatic N) is 1. The molecule has 2 amide bonds. The summed E-state index contributed by atoms with van der Waals surface area (Å²) in [5.41, 5.74) is -0.986. The maximum Gasteiger partial charge on any atom is 0.241 e. The topological polar surface area (TPSA) is 80.8 Å². The highest BCUT2D eigenvalue weighted by Gasteiger charge is 2.74. The van der Waals surface area contributed by atoms with Crippen molar-refractivity contribution in [2.24, 2.45) is 11.8 Å². The van der Waals surface area contributed by atoms with Crippen LogP contribution >= 0.6 is 39.1 Å². The van der Waals surface area contributed by atoms with Crippen LogP contribution in [0.5, 0.6) is 0 Å². The fraction of sp³-hybridized carbons (Fsp3) is 0.154. The van der Waals surface area contributed by atoms with Crippen LogP contribution in [0, 0.1) is 11.8 Å². The number of anilines is 1. The predicted molar refractivity (Wildman–Crippen MR) is 132 cm³/mol. The van der Waals surface area contributed by atoms with E-state index in [9.17, 15) is 19.2 Å². The standard InChI is InChI=1S/C26H14BrCl2NO5/c27-13-5-3-4-12(10-13)21-19-20(25(34)30(24(19)33)14-8-9-17(28)18(29)11-14)26(35-21)22(31)15-6-1-2-7-16(15)23(26)32/h1-11,19-21H/t19-,20-,21+/m0/s1. The van der Waals surface area contributed by atoms with Crippen molar-refractivity contribution in [2.75, 3.05) is 4.90 Å². The lowest BCUT2D eigenvalue weighted by molar-refractivity contribution is -0.127. The Labute approximate surface area is 217 Å². The van der Waals surface area contributed by atoms with Crippen LogP contribution in [0.3, 0.4) is 0 Å². The van der Waals surface area contributed by atoms with E-state index in [0.29, 0.717) is 5.56 Å². The van der Waals surface area contributed by atoms with Crippen molar-refractivity contribution in [3.05, 3.63) is 97.9 Å². The first-order valence-electron chi connectivity index (χ1n) is 10.7. The van der Waals surface area contributed by atoms with Crippen molar-refractivity contribution in [1.29, 1.82) is 0 Å². The molecule has 9 heteroatoms. The summed E-state index contributed by atoms with van der Waals surface area (Å²) in [5, 5.41) is 0.426. The first-order valence-corrected chi connectivity index (χ1v) is 12.3. The molecule has 3 aromatic carbocycles. The maximum absolute atomic E-state index is 13.9. The van der Waals surface area contributed by atoms with E-state index in [1.807, 2.05) is 0 Å². The number of hydrogen-bond donors (Lipinski definition) is 0. The summed E-state index contributed by atoms with van der Waals surface area (Å²) < 4.78 is 6.98. The molecule has 2 saturated heterocycles. The Kier molecular flexibility index (Phi) is 5.06. The molecule has 3 aromatic rings. The number of amides is 2. The Morgan fingerprint density at radius 3 is 2.11 bits per heavy atom. The normalized spacial score (nSPS) is 24.4. The monoisotopic (exact) mass is 569 g/mol. The summed E-state index contributed by atoms with van der Waals surface area (Å²) in [5.74, 6) is -4.90. The molecular weight excluding hydrogens is 557 g/mol. The van der Waals surface area contributed by atoms with E-state index < -0.39 is 46.9 Å². The van der Waals surface area contributed by atoms with Crippen molar-refractivity contribution >= 4 is 68.2 Å². The van der Waals surface area contributed by atoms with Crippen LogP contribution in [0.15, 0.2) is 71.2 Å². The number of ether oxygens (including phenoxy) is 1. The van der Waals surface area contributed by atoms with Gasteiger partial charge in [-0.15, -0.1) is 0 Å². The number of carbonyl (C=O) groups is 4. The van der Waals surface area contributed by atoms with Gasteiger partial charge in [-0.1, -0.05) is 75.5 Å². The van der Waals surface area contributed by atoms with E-state index in [2.05, 4.69) is 15.9 Å². The molecule has 6 nitrogen and oxygen atoms in total. The average Bonchev–Trinajstić information content (AvgIpc) is 3.41. The summed E-state index contributed by atoms with van der Waals surface area (Å²) in [6, 6.07) is 17.8. The third kappa shape index (κ3) is 2.99. The van der Waals surface area contributed by atoms with E-state index in [-0.39, 0.29) is 26.9 Å². The fourth-order valence-corrected chi connectivity index (χ4v) is 6.09. The number of Topliss-reactive ketones (excluding diaryl/α,β-unsaturated/α-hetero) is 2. The largest absolute Gasteiger partial charge is 0.349 e. The number of carbonyl (C=O) groups excluding carboxylic acids is 4. The lowest BCUT2D eigenvalue weighted by Crippen LogP contribution is -2.51. The highest BCUT2D eigenvalue weighted by Crippen LogP contribution is 2.58. The van der Waals surface area contributed by atoms with E-state index >= 15 is 0 Å². The summed E-state index contributed by atoms with van der Waals surface area (Å²) in [7, 11) is 0. The van der Waals surface area contributed by atoms with Crippen molar-refractivity contribution in [2.45, 2.75) is 11.7 Å². The van der Waals surface area contributed by atoms with Gasteiger partial charge in [-0.05, 0) is 35.9 Å². The number of hydrogen-bond acceptors (Lipinski definition) is 5. The molecule has 2 heterocycles. The van der Waals surface area contributed by atoms with Crippen molar-refractivity contribution in [3.63, 3.8) is 0 Å².